The molecule has 0 spiro atoms. The quantitative estimate of drug-likeness (QED) is 0.835. The van der Waals surface area contributed by atoms with Crippen LogP contribution in [0.2, 0.25) is 0 Å². The first-order valence-electron chi connectivity index (χ1n) is 6.65. The largest absolute Gasteiger partial charge is 0.488 e. The number of aryl methyl sites for hydroxylation is 2. The Hall–Kier alpha value is -2.07. The summed E-state index contributed by atoms with van der Waals surface area (Å²) in [5, 5.41) is 10.5. The number of rotatable bonds is 5. The maximum Gasteiger partial charge on any atom is 0.328 e. The van der Waals surface area contributed by atoms with Crippen LogP contribution < -0.4 is 4.74 Å². The standard InChI is InChI=1S/C17H18O3S/c1-11-4-5-12(2)17(13(11)3)20-9-15-8-14(10-21-15)6-7-16(18)19/h4-8,10H,9H2,1-3H3,(H,18,19). The van der Waals surface area contributed by atoms with E-state index in [1.54, 1.807) is 17.4 Å². The first-order chi connectivity index (χ1) is 9.97. The van der Waals surface area contributed by atoms with Gasteiger partial charge in [0.25, 0.3) is 0 Å². The normalized spacial score (nSPS) is 11.0. The van der Waals surface area contributed by atoms with Crippen LogP contribution >= 0.6 is 11.3 Å². The number of hydrogen-bond donors (Lipinski definition) is 1. The highest BCUT2D eigenvalue weighted by atomic mass is 32.1. The van der Waals surface area contributed by atoms with Crippen LogP contribution in [0.25, 0.3) is 6.08 Å². The Labute approximate surface area is 128 Å². The molecular weight excluding hydrogens is 284 g/mol. The molecule has 0 amide bonds. The van der Waals surface area contributed by atoms with Crippen molar-refractivity contribution in [3.8, 4) is 5.75 Å². The highest BCUT2D eigenvalue weighted by Crippen LogP contribution is 2.27. The summed E-state index contributed by atoms with van der Waals surface area (Å²) < 4.78 is 5.94. The Kier molecular flexibility index (Phi) is 4.81. The molecule has 1 N–H and O–H groups in total. The van der Waals surface area contributed by atoms with Crippen molar-refractivity contribution in [2.24, 2.45) is 0 Å². The molecule has 0 aliphatic rings. The molecule has 0 aliphatic heterocycles. The smallest absolute Gasteiger partial charge is 0.328 e. The Morgan fingerprint density at radius 1 is 1.29 bits per heavy atom. The number of carboxylic acids is 1. The van der Waals surface area contributed by atoms with Crippen LogP contribution in [-0.4, -0.2) is 11.1 Å². The highest BCUT2D eigenvalue weighted by Gasteiger charge is 2.07. The highest BCUT2D eigenvalue weighted by molar-refractivity contribution is 7.10. The van der Waals surface area contributed by atoms with Crippen molar-refractivity contribution < 1.29 is 14.6 Å². The maximum atomic E-state index is 10.5. The van der Waals surface area contributed by atoms with Crippen molar-refractivity contribution in [1.82, 2.24) is 0 Å². The van der Waals surface area contributed by atoms with Crippen molar-refractivity contribution in [2.75, 3.05) is 0 Å². The van der Waals surface area contributed by atoms with Crippen molar-refractivity contribution in [1.29, 1.82) is 0 Å². The predicted molar refractivity (Wildman–Crippen MR) is 86.0 cm³/mol. The van der Waals surface area contributed by atoms with E-state index < -0.39 is 5.97 Å². The lowest BCUT2D eigenvalue weighted by molar-refractivity contribution is -0.131. The minimum atomic E-state index is -0.940. The van der Waals surface area contributed by atoms with Gasteiger partial charge in [0.1, 0.15) is 12.4 Å². The van der Waals surface area contributed by atoms with Crippen molar-refractivity contribution >= 4 is 23.4 Å². The lowest BCUT2D eigenvalue weighted by Crippen LogP contribution is -1.98. The average molecular weight is 302 g/mol. The first-order valence-corrected chi connectivity index (χ1v) is 7.53. The Morgan fingerprint density at radius 2 is 2.00 bits per heavy atom. The number of benzene rings is 1. The topological polar surface area (TPSA) is 46.5 Å². The van der Waals surface area contributed by atoms with Gasteiger partial charge in [0, 0.05) is 11.0 Å². The monoisotopic (exact) mass is 302 g/mol. The zero-order chi connectivity index (χ0) is 15.4. The van der Waals surface area contributed by atoms with Gasteiger partial charge in [-0.3, -0.25) is 0 Å². The van der Waals surface area contributed by atoms with Crippen LogP contribution in [0.4, 0.5) is 0 Å². The van der Waals surface area contributed by atoms with Crippen LogP contribution in [0.5, 0.6) is 5.75 Å². The van der Waals surface area contributed by atoms with Gasteiger partial charge in [-0.2, -0.15) is 0 Å². The third kappa shape index (κ3) is 3.95. The zero-order valence-electron chi connectivity index (χ0n) is 12.3. The molecule has 0 fully saturated rings. The summed E-state index contributed by atoms with van der Waals surface area (Å²) in [5.74, 6) is -0.00367. The molecular formula is C17H18O3S. The summed E-state index contributed by atoms with van der Waals surface area (Å²) in [4.78, 5) is 11.6. The number of carboxylic acid groups (broad SMARTS) is 1. The minimum Gasteiger partial charge on any atom is -0.488 e. The summed E-state index contributed by atoms with van der Waals surface area (Å²) in [6, 6.07) is 6.11. The van der Waals surface area contributed by atoms with Gasteiger partial charge >= 0.3 is 5.97 Å². The van der Waals surface area contributed by atoms with Gasteiger partial charge in [0.2, 0.25) is 0 Å². The zero-order valence-corrected chi connectivity index (χ0v) is 13.2. The molecule has 0 radical (unpaired) electrons. The van der Waals surface area contributed by atoms with E-state index >= 15 is 0 Å². The number of aliphatic carboxylic acids is 1. The molecule has 0 bridgehead atoms. The fourth-order valence-corrected chi connectivity index (χ4v) is 2.78. The SMILES string of the molecule is Cc1ccc(C)c(OCc2cc(C=CC(=O)O)cs2)c1C. The minimum absolute atomic E-state index is 0.497. The van der Waals surface area contributed by atoms with E-state index in [0.717, 1.165) is 33.4 Å². The second-order valence-electron chi connectivity index (χ2n) is 4.96. The molecule has 1 aromatic carbocycles. The molecule has 21 heavy (non-hydrogen) atoms. The number of carbonyl (C=O) groups is 1. The fraction of sp³-hybridized carbons (Fsp3) is 0.235. The van der Waals surface area contributed by atoms with E-state index in [9.17, 15) is 4.79 Å². The molecule has 0 unspecified atom stereocenters. The summed E-state index contributed by atoms with van der Waals surface area (Å²) in [7, 11) is 0. The van der Waals surface area contributed by atoms with E-state index in [4.69, 9.17) is 9.84 Å². The molecule has 0 saturated heterocycles. The van der Waals surface area contributed by atoms with E-state index in [2.05, 4.69) is 26.0 Å². The Balaban J connectivity index is 2.07. The molecule has 3 nitrogen and oxygen atoms in total. The summed E-state index contributed by atoms with van der Waals surface area (Å²) in [5.41, 5.74) is 4.39. The molecule has 0 saturated carbocycles. The lowest BCUT2D eigenvalue weighted by Gasteiger charge is -2.13. The van der Waals surface area contributed by atoms with Crippen LogP contribution in [0.3, 0.4) is 0 Å². The molecule has 0 atom stereocenters. The van der Waals surface area contributed by atoms with Gasteiger partial charge in [-0.1, -0.05) is 12.1 Å². The van der Waals surface area contributed by atoms with Crippen LogP contribution in [0, 0.1) is 20.8 Å². The summed E-state index contributed by atoms with van der Waals surface area (Å²) >= 11 is 1.57. The Morgan fingerprint density at radius 3 is 2.71 bits per heavy atom. The van der Waals surface area contributed by atoms with Gasteiger partial charge in [-0.05, 0) is 60.5 Å². The molecule has 110 valence electrons. The molecule has 4 heteroatoms. The maximum absolute atomic E-state index is 10.5. The van der Waals surface area contributed by atoms with E-state index in [1.165, 1.54) is 5.56 Å². The van der Waals surface area contributed by atoms with Gasteiger partial charge in [-0.15, -0.1) is 11.3 Å². The molecule has 1 aromatic heterocycles. The number of thiophene rings is 1. The van der Waals surface area contributed by atoms with Crippen LogP contribution in [0.1, 0.15) is 27.1 Å². The van der Waals surface area contributed by atoms with Crippen molar-refractivity contribution in [3.63, 3.8) is 0 Å². The van der Waals surface area contributed by atoms with Crippen LogP contribution in [0.15, 0.2) is 29.7 Å². The molecule has 2 rings (SSSR count). The third-order valence-electron chi connectivity index (χ3n) is 3.32. The summed E-state index contributed by atoms with van der Waals surface area (Å²) in [6.07, 6.45) is 2.73. The lowest BCUT2D eigenvalue weighted by atomic mass is 10.1. The van der Waals surface area contributed by atoms with Gasteiger partial charge < -0.3 is 9.84 Å². The van der Waals surface area contributed by atoms with Gasteiger partial charge in [-0.25, -0.2) is 4.79 Å². The summed E-state index contributed by atoms with van der Waals surface area (Å²) in [6.45, 7) is 6.67. The molecule has 0 aliphatic carbocycles. The number of ether oxygens (including phenoxy) is 1. The van der Waals surface area contributed by atoms with Crippen LogP contribution in [-0.2, 0) is 11.4 Å². The van der Waals surface area contributed by atoms with Gasteiger partial charge in [0.15, 0.2) is 0 Å². The van der Waals surface area contributed by atoms with E-state index in [0.29, 0.717) is 6.61 Å². The first kappa shape index (κ1) is 15.3. The fourth-order valence-electron chi connectivity index (χ4n) is 2.02. The number of hydrogen-bond acceptors (Lipinski definition) is 3. The second kappa shape index (κ2) is 6.59. The Bertz CT molecular complexity index is 683. The average Bonchev–Trinajstić information content (AvgIpc) is 2.89. The van der Waals surface area contributed by atoms with Gasteiger partial charge in [0.05, 0.1) is 0 Å². The molecule has 2 aromatic rings. The second-order valence-corrected chi connectivity index (χ2v) is 5.96. The van der Waals surface area contributed by atoms with E-state index in [1.807, 2.05) is 18.4 Å². The van der Waals surface area contributed by atoms with Crippen molar-refractivity contribution in [2.45, 2.75) is 27.4 Å². The van der Waals surface area contributed by atoms with E-state index in [-0.39, 0.29) is 0 Å². The third-order valence-corrected chi connectivity index (χ3v) is 4.25. The molecule has 1 heterocycles. The predicted octanol–water partition coefficient (Wildman–Crippen LogP) is 4.35. The van der Waals surface area contributed by atoms with Crippen molar-refractivity contribution in [3.05, 3.63) is 56.8 Å².